The molecule has 5 nitrogen and oxygen atoms in total. The third-order valence-corrected chi connectivity index (χ3v) is 7.22. The van der Waals surface area contributed by atoms with Crippen molar-refractivity contribution >= 4 is 41.0 Å². The molecule has 4 rings (SSSR count). The first-order valence-corrected chi connectivity index (χ1v) is 12.5. The van der Waals surface area contributed by atoms with Gasteiger partial charge in [-0.2, -0.15) is 0 Å². The van der Waals surface area contributed by atoms with Crippen molar-refractivity contribution < 1.29 is 9.47 Å². The van der Waals surface area contributed by atoms with Crippen LogP contribution in [0.3, 0.4) is 0 Å². The summed E-state index contributed by atoms with van der Waals surface area (Å²) in [6.45, 7) is 5.15. The van der Waals surface area contributed by atoms with Crippen molar-refractivity contribution in [3.8, 4) is 5.75 Å². The van der Waals surface area contributed by atoms with Crippen LogP contribution in [0.4, 0.5) is 5.69 Å². The maximum Gasteiger partial charge on any atom is 0.215 e. The van der Waals surface area contributed by atoms with Crippen LogP contribution >= 0.6 is 23.2 Å². The number of hydrogen-bond acceptors (Lipinski definition) is 5. The highest BCUT2D eigenvalue weighted by molar-refractivity contribution is 6.36. The van der Waals surface area contributed by atoms with Gasteiger partial charge in [0.25, 0.3) is 0 Å². The maximum absolute atomic E-state index is 8.09. The van der Waals surface area contributed by atoms with Gasteiger partial charge in [0, 0.05) is 45.2 Å². The first kappa shape index (κ1) is 25.8. The molecule has 1 N–H and O–H groups in total. The Balaban J connectivity index is 1.66. The lowest BCUT2D eigenvalue weighted by molar-refractivity contribution is 0.317. The highest BCUT2D eigenvalue weighted by Gasteiger charge is 2.44. The van der Waals surface area contributed by atoms with Gasteiger partial charge in [0.2, 0.25) is 5.90 Å². The zero-order valence-electron chi connectivity index (χ0n) is 20.6. The lowest BCUT2D eigenvalue weighted by atomic mass is 9.76. The average Bonchev–Trinajstić information content (AvgIpc) is 3.13. The molecule has 1 aliphatic heterocycles. The van der Waals surface area contributed by atoms with Gasteiger partial charge in [0.1, 0.15) is 5.75 Å². The second-order valence-electron chi connectivity index (χ2n) is 8.69. The van der Waals surface area contributed by atoms with E-state index in [-0.39, 0.29) is 12.6 Å². The van der Waals surface area contributed by atoms with Gasteiger partial charge < -0.3 is 14.4 Å². The molecule has 0 radical (unpaired) electrons. The molecule has 7 heteroatoms. The lowest BCUT2D eigenvalue weighted by Crippen LogP contribution is -2.31. The molecular formula is C29H29Cl2N3O2. The fraction of sp³-hybridized carbons (Fsp3) is 0.241. The second kappa shape index (κ2) is 11.2. The molecule has 3 aromatic carbocycles. The fourth-order valence-electron chi connectivity index (χ4n) is 4.68. The van der Waals surface area contributed by atoms with Crippen LogP contribution < -0.4 is 9.64 Å². The molecule has 1 atom stereocenters. The summed E-state index contributed by atoms with van der Waals surface area (Å²) in [6, 6.07) is 21.1. The molecule has 0 saturated carbocycles. The first-order chi connectivity index (χ1) is 17.4. The summed E-state index contributed by atoms with van der Waals surface area (Å²) in [6.07, 6.45) is 4.36. The molecule has 0 aliphatic carbocycles. The number of fused-ring (bicyclic) bond motifs is 1. The number of nitrogens with one attached hydrogen (secondary N) is 1. The standard InChI is InChI=1S/C29H29Cl2N3O2/c1-4-34-26-14-13-21(35-3)17-23(26)29(2,18-22-24(30)11-8-12-25(22)31)27(34)15-16-33-19-36-28(32)20-9-6-5-7-10-20/h5-17,32H,4,18-19H2,1-3H3/b27-15-,32-28?,33-16-. The van der Waals surface area contributed by atoms with Crippen LogP contribution in [0.1, 0.15) is 30.5 Å². The van der Waals surface area contributed by atoms with Crippen LogP contribution in [0.25, 0.3) is 0 Å². The lowest BCUT2D eigenvalue weighted by Gasteiger charge is -2.30. The van der Waals surface area contributed by atoms with E-state index in [1.807, 2.05) is 60.7 Å². The molecule has 0 amide bonds. The van der Waals surface area contributed by atoms with E-state index in [1.165, 1.54) is 0 Å². The quantitative estimate of drug-likeness (QED) is 0.250. The number of hydrogen-bond donors (Lipinski definition) is 1. The summed E-state index contributed by atoms with van der Waals surface area (Å²) in [5, 5.41) is 9.38. The van der Waals surface area contributed by atoms with E-state index in [1.54, 1.807) is 13.3 Å². The summed E-state index contributed by atoms with van der Waals surface area (Å²) in [4.78, 5) is 6.68. The van der Waals surface area contributed by atoms with Crippen molar-refractivity contribution in [1.29, 1.82) is 5.41 Å². The van der Waals surface area contributed by atoms with E-state index in [0.29, 0.717) is 22.0 Å². The van der Waals surface area contributed by atoms with Gasteiger partial charge in [0.05, 0.1) is 7.11 Å². The highest BCUT2D eigenvalue weighted by Crippen LogP contribution is 2.51. The second-order valence-corrected chi connectivity index (χ2v) is 9.50. The summed E-state index contributed by atoms with van der Waals surface area (Å²) >= 11 is 13.2. The largest absolute Gasteiger partial charge is 0.497 e. The van der Waals surface area contributed by atoms with E-state index < -0.39 is 5.41 Å². The summed E-state index contributed by atoms with van der Waals surface area (Å²) in [5.74, 6) is 0.887. The molecule has 0 fully saturated rings. The van der Waals surface area contributed by atoms with Gasteiger partial charge >= 0.3 is 0 Å². The molecule has 0 bridgehead atoms. The Kier molecular flexibility index (Phi) is 8.02. The molecule has 36 heavy (non-hydrogen) atoms. The summed E-state index contributed by atoms with van der Waals surface area (Å²) < 4.78 is 11.1. The van der Waals surface area contributed by atoms with Crippen molar-refractivity contribution in [2.24, 2.45) is 4.99 Å². The third-order valence-electron chi connectivity index (χ3n) is 6.51. The Hall–Kier alpha value is -3.28. The Labute approximate surface area is 222 Å². The average molecular weight is 522 g/mol. The fourth-order valence-corrected chi connectivity index (χ4v) is 5.21. The molecule has 1 heterocycles. The van der Waals surface area contributed by atoms with E-state index >= 15 is 0 Å². The zero-order valence-corrected chi connectivity index (χ0v) is 22.1. The van der Waals surface area contributed by atoms with E-state index in [9.17, 15) is 0 Å². The van der Waals surface area contributed by atoms with Crippen LogP contribution in [-0.2, 0) is 16.6 Å². The van der Waals surface area contributed by atoms with Gasteiger partial charge in [-0.15, -0.1) is 0 Å². The minimum Gasteiger partial charge on any atom is -0.497 e. The molecule has 0 aromatic heterocycles. The van der Waals surface area contributed by atoms with E-state index in [0.717, 1.165) is 34.8 Å². The van der Waals surface area contributed by atoms with Crippen molar-refractivity contribution in [2.45, 2.75) is 25.7 Å². The smallest absolute Gasteiger partial charge is 0.215 e. The number of allylic oxidation sites excluding steroid dienone is 2. The molecule has 0 saturated heterocycles. The molecule has 0 spiro atoms. The summed E-state index contributed by atoms with van der Waals surface area (Å²) in [5.41, 5.74) is 4.52. The normalized spacial score (nSPS) is 18.0. The monoisotopic (exact) mass is 521 g/mol. The van der Waals surface area contributed by atoms with Gasteiger partial charge in [-0.3, -0.25) is 10.4 Å². The molecule has 3 aromatic rings. The Bertz CT molecular complexity index is 1290. The van der Waals surface area contributed by atoms with Crippen LogP contribution in [-0.4, -0.2) is 32.5 Å². The van der Waals surface area contributed by atoms with Crippen LogP contribution in [0, 0.1) is 5.41 Å². The van der Waals surface area contributed by atoms with Gasteiger partial charge in [0.15, 0.2) is 6.73 Å². The minimum absolute atomic E-state index is 0.0530. The van der Waals surface area contributed by atoms with Crippen LogP contribution in [0.5, 0.6) is 5.75 Å². The van der Waals surface area contributed by atoms with Crippen LogP contribution in [0.2, 0.25) is 10.0 Å². The van der Waals surface area contributed by atoms with E-state index in [2.05, 4.69) is 35.9 Å². The number of methoxy groups -OCH3 is 1. The number of halogens is 2. The number of anilines is 1. The van der Waals surface area contributed by atoms with Crippen molar-refractivity contribution in [2.75, 3.05) is 25.3 Å². The topological polar surface area (TPSA) is 57.9 Å². The highest BCUT2D eigenvalue weighted by atomic mass is 35.5. The van der Waals surface area contributed by atoms with Crippen molar-refractivity contribution in [1.82, 2.24) is 0 Å². The molecular weight excluding hydrogens is 493 g/mol. The van der Waals surface area contributed by atoms with Gasteiger partial charge in [-0.1, -0.05) is 47.5 Å². The van der Waals surface area contributed by atoms with Crippen LogP contribution in [0.15, 0.2) is 83.5 Å². The number of aliphatic imine (C=N–C) groups is 1. The number of rotatable bonds is 8. The number of benzene rings is 3. The minimum atomic E-state index is -0.432. The zero-order chi connectivity index (χ0) is 25.7. The SMILES string of the molecule is CCN1/C(=C\C=N/COC(=N)c2ccccc2)C(C)(Cc2c(Cl)cccc2Cl)c2cc(OC)ccc21. The Morgan fingerprint density at radius 1 is 1.06 bits per heavy atom. The Morgan fingerprint density at radius 2 is 1.78 bits per heavy atom. The number of ether oxygens (including phenoxy) is 2. The maximum atomic E-state index is 8.09. The summed E-state index contributed by atoms with van der Waals surface area (Å²) in [7, 11) is 1.67. The Morgan fingerprint density at radius 3 is 2.44 bits per heavy atom. The molecule has 1 unspecified atom stereocenters. The van der Waals surface area contributed by atoms with Gasteiger partial charge in [-0.25, -0.2) is 0 Å². The third kappa shape index (κ3) is 5.13. The number of nitrogens with zero attached hydrogens (tertiary/aromatic N) is 2. The van der Waals surface area contributed by atoms with E-state index in [4.69, 9.17) is 38.1 Å². The van der Waals surface area contributed by atoms with Gasteiger partial charge in [-0.05, 0) is 79.9 Å². The number of likely N-dealkylation sites (N-methyl/N-ethyl adjacent to an activating group) is 1. The van der Waals surface area contributed by atoms with Crippen molar-refractivity contribution in [3.05, 3.63) is 105 Å². The van der Waals surface area contributed by atoms with Crippen molar-refractivity contribution in [3.63, 3.8) is 0 Å². The molecule has 186 valence electrons. The predicted octanol–water partition coefficient (Wildman–Crippen LogP) is 7.30. The predicted molar refractivity (Wildman–Crippen MR) is 149 cm³/mol. The first-order valence-electron chi connectivity index (χ1n) is 11.7. The molecule has 1 aliphatic rings.